The molecule has 5 rings (SSSR count). The molecule has 4 bridgehead atoms. The highest BCUT2D eigenvalue weighted by molar-refractivity contribution is 7.89. The van der Waals surface area contributed by atoms with Gasteiger partial charge in [-0.15, -0.1) is 0 Å². The topological polar surface area (TPSA) is 66.5 Å². The first-order chi connectivity index (χ1) is 13.7. The number of nitrogens with zero attached hydrogens (tertiary/aromatic N) is 1. The van der Waals surface area contributed by atoms with E-state index in [0.717, 1.165) is 23.0 Å². The summed E-state index contributed by atoms with van der Waals surface area (Å²) < 4.78 is 27.5. The van der Waals surface area contributed by atoms with E-state index in [1.807, 2.05) is 27.7 Å². The Balaban J connectivity index is 1.60. The lowest BCUT2D eigenvalue weighted by atomic mass is 9.51. The maximum atomic E-state index is 13.3. The predicted octanol–water partition coefficient (Wildman–Crippen LogP) is 4.34. The summed E-state index contributed by atoms with van der Waals surface area (Å²) in [5, 5.41) is 3.14. The molecular weight excluding hydrogens is 384 g/mol. The number of aryl methyl sites for hydroxylation is 1. The van der Waals surface area contributed by atoms with Gasteiger partial charge in [-0.1, -0.05) is 13.8 Å². The summed E-state index contributed by atoms with van der Waals surface area (Å²) >= 11 is 0. The Bertz CT molecular complexity index is 877. The second kappa shape index (κ2) is 7.69. The molecule has 0 spiro atoms. The molecule has 0 heterocycles. The maximum Gasteiger partial charge on any atom is 0.243 e. The number of anilines is 1. The van der Waals surface area contributed by atoms with Crippen LogP contribution in [-0.2, 0) is 14.8 Å². The number of benzene rings is 1. The number of nitrogens with one attached hydrogen (secondary N) is 1. The van der Waals surface area contributed by atoms with E-state index in [1.165, 1.54) is 36.4 Å². The van der Waals surface area contributed by atoms with Crippen LogP contribution in [0, 0.1) is 43.4 Å². The van der Waals surface area contributed by atoms with Crippen molar-refractivity contribution in [2.75, 3.05) is 18.4 Å². The smallest absolute Gasteiger partial charge is 0.243 e. The Kier molecular flexibility index (Phi) is 5.53. The lowest BCUT2D eigenvalue weighted by Crippen LogP contribution is -2.49. The van der Waals surface area contributed by atoms with E-state index >= 15 is 0 Å². The Morgan fingerprint density at radius 1 is 1.00 bits per heavy atom. The zero-order valence-electron chi connectivity index (χ0n) is 18.1. The summed E-state index contributed by atoms with van der Waals surface area (Å²) in [4.78, 5) is 13.6. The molecule has 4 aliphatic rings. The van der Waals surface area contributed by atoms with Crippen molar-refractivity contribution in [1.82, 2.24) is 4.31 Å². The lowest BCUT2D eigenvalue weighted by molar-refractivity contribution is -0.132. The molecule has 1 N–H and O–H groups in total. The molecule has 1 aromatic carbocycles. The molecule has 0 aromatic heterocycles. The standard InChI is InChI=1S/C23H34N2O3S/c1-5-25(6-2)29(27,28)20-7-14(3)15(4)21(13-20)24-23(26)22-18-9-16-8-17(11-18)12-19(22)10-16/h7,13,16-19,22H,5-6,8-12H2,1-4H3,(H,24,26). The largest absolute Gasteiger partial charge is 0.326 e. The Labute approximate surface area is 175 Å². The SMILES string of the molecule is CCN(CC)S(=O)(=O)c1cc(C)c(C)c(NC(=O)C2C3CC4CC(C3)CC2C4)c1. The van der Waals surface area contributed by atoms with E-state index in [-0.39, 0.29) is 16.7 Å². The minimum Gasteiger partial charge on any atom is -0.326 e. The van der Waals surface area contributed by atoms with Crippen molar-refractivity contribution in [2.45, 2.75) is 64.7 Å². The molecule has 0 atom stereocenters. The predicted molar refractivity (Wildman–Crippen MR) is 115 cm³/mol. The maximum absolute atomic E-state index is 13.3. The summed E-state index contributed by atoms with van der Waals surface area (Å²) in [7, 11) is -3.56. The highest BCUT2D eigenvalue weighted by atomic mass is 32.2. The van der Waals surface area contributed by atoms with E-state index in [2.05, 4.69) is 5.32 Å². The van der Waals surface area contributed by atoms with Gasteiger partial charge in [-0.25, -0.2) is 8.42 Å². The van der Waals surface area contributed by atoms with Crippen molar-refractivity contribution < 1.29 is 13.2 Å². The first-order valence-electron chi connectivity index (χ1n) is 11.2. The summed E-state index contributed by atoms with van der Waals surface area (Å²) in [6, 6.07) is 3.38. The number of sulfonamides is 1. The minimum atomic E-state index is -3.56. The van der Waals surface area contributed by atoms with Crippen molar-refractivity contribution in [3.8, 4) is 0 Å². The molecule has 0 unspecified atom stereocenters. The number of hydrogen-bond donors (Lipinski definition) is 1. The van der Waals surface area contributed by atoms with E-state index in [9.17, 15) is 13.2 Å². The fourth-order valence-electron chi connectivity index (χ4n) is 6.39. The fourth-order valence-corrected chi connectivity index (χ4v) is 7.96. The van der Waals surface area contributed by atoms with Crippen molar-refractivity contribution in [3.63, 3.8) is 0 Å². The average molecular weight is 419 g/mol. The second-order valence-electron chi connectivity index (χ2n) is 9.45. The van der Waals surface area contributed by atoms with Crippen molar-refractivity contribution in [1.29, 1.82) is 0 Å². The molecule has 160 valence electrons. The number of carbonyl (C=O) groups excluding carboxylic acids is 1. The first kappa shape index (κ1) is 20.9. The van der Waals surface area contributed by atoms with E-state index in [4.69, 9.17) is 0 Å². The van der Waals surface area contributed by atoms with Gasteiger partial charge in [0.2, 0.25) is 15.9 Å². The van der Waals surface area contributed by atoms with Crippen LogP contribution >= 0.6 is 0 Å². The third-order valence-corrected chi connectivity index (χ3v) is 9.80. The molecule has 5 nitrogen and oxygen atoms in total. The van der Waals surface area contributed by atoms with Gasteiger partial charge in [0.1, 0.15) is 0 Å². The normalized spacial score (nSPS) is 30.7. The Morgan fingerprint density at radius 2 is 1.55 bits per heavy atom. The molecule has 29 heavy (non-hydrogen) atoms. The monoisotopic (exact) mass is 418 g/mol. The molecule has 0 radical (unpaired) electrons. The molecule has 1 amide bonds. The molecule has 0 aliphatic heterocycles. The van der Waals surface area contributed by atoms with E-state index in [1.54, 1.807) is 12.1 Å². The molecule has 4 fully saturated rings. The molecule has 1 aromatic rings. The highest BCUT2D eigenvalue weighted by Crippen LogP contribution is 2.56. The summed E-state index contributed by atoms with van der Waals surface area (Å²) in [5.74, 6) is 2.86. The molecule has 6 heteroatoms. The van der Waals surface area contributed by atoms with Crippen LogP contribution in [0.3, 0.4) is 0 Å². The second-order valence-corrected chi connectivity index (χ2v) is 11.4. The summed E-state index contributed by atoms with van der Waals surface area (Å²) in [6.45, 7) is 8.42. The number of rotatable bonds is 6. The van der Waals surface area contributed by atoms with Crippen LogP contribution in [0.25, 0.3) is 0 Å². The third kappa shape index (κ3) is 3.63. The van der Waals surface area contributed by atoms with Gasteiger partial charge in [0.05, 0.1) is 4.90 Å². The van der Waals surface area contributed by atoms with Crippen molar-refractivity contribution in [2.24, 2.45) is 29.6 Å². The summed E-state index contributed by atoms with van der Waals surface area (Å²) in [6.07, 6.45) is 6.14. The third-order valence-electron chi connectivity index (χ3n) is 7.77. The zero-order valence-corrected chi connectivity index (χ0v) is 18.9. The van der Waals surface area contributed by atoms with Crippen LogP contribution < -0.4 is 5.32 Å². The van der Waals surface area contributed by atoms with E-state index < -0.39 is 10.0 Å². The number of amides is 1. The Morgan fingerprint density at radius 3 is 2.07 bits per heavy atom. The van der Waals surface area contributed by atoms with Crippen LogP contribution in [0.4, 0.5) is 5.69 Å². The fraction of sp³-hybridized carbons (Fsp3) is 0.696. The minimum absolute atomic E-state index is 0.0885. The van der Waals surface area contributed by atoms with Crippen LogP contribution in [-0.4, -0.2) is 31.7 Å². The van der Waals surface area contributed by atoms with Gasteiger partial charge in [0, 0.05) is 24.7 Å². The molecular formula is C23H34N2O3S. The number of carbonyl (C=O) groups is 1. The van der Waals surface area contributed by atoms with Gasteiger partial charge >= 0.3 is 0 Å². The van der Waals surface area contributed by atoms with Crippen LogP contribution in [0.15, 0.2) is 17.0 Å². The first-order valence-corrected chi connectivity index (χ1v) is 12.6. The van der Waals surface area contributed by atoms with E-state index in [0.29, 0.717) is 30.6 Å². The lowest BCUT2D eigenvalue weighted by Gasteiger charge is -2.53. The van der Waals surface area contributed by atoms with Gasteiger partial charge in [-0.05, 0) is 92.9 Å². The van der Waals surface area contributed by atoms with Gasteiger partial charge in [0.15, 0.2) is 0 Å². The molecule has 4 aliphatic carbocycles. The number of hydrogen-bond acceptors (Lipinski definition) is 3. The quantitative estimate of drug-likeness (QED) is 0.747. The van der Waals surface area contributed by atoms with Crippen molar-refractivity contribution in [3.05, 3.63) is 23.3 Å². The van der Waals surface area contributed by atoms with Gasteiger partial charge in [-0.2, -0.15) is 4.31 Å². The average Bonchev–Trinajstić information content (AvgIpc) is 2.65. The van der Waals surface area contributed by atoms with Gasteiger partial charge in [0.25, 0.3) is 0 Å². The molecule has 4 saturated carbocycles. The van der Waals surface area contributed by atoms with Gasteiger partial charge in [-0.3, -0.25) is 4.79 Å². The van der Waals surface area contributed by atoms with Crippen LogP contribution in [0.5, 0.6) is 0 Å². The zero-order chi connectivity index (χ0) is 20.9. The van der Waals surface area contributed by atoms with Gasteiger partial charge < -0.3 is 5.32 Å². The Hall–Kier alpha value is -1.40. The highest BCUT2D eigenvalue weighted by Gasteiger charge is 2.50. The van der Waals surface area contributed by atoms with Crippen LogP contribution in [0.2, 0.25) is 0 Å². The van der Waals surface area contributed by atoms with Crippen molar-refractivity contribution >= 4 is 21.6 Å². The summed E-state index contributed by atoms with van der Waals surface area (Å²) in [5.41, 5.74) is 2.48. The van der Waals surface area contributed by atoms with Crippen LogP contribution in [0.1, 0.15) is 57.1 Å². The molecule has 0 saturated heterocycles.